The van der Waals surface area contributed by atoms with Crippen molar-refractivity contribution in [2.45, 2.75) is 19.4 Å². The van der Waals surface area contributed by atoms with Gasteiger partial charge in [0.1, 0.15) is 0 Å². The van der Waals surface area contributed by atoms with Gasteiger partial charge < -0.3 is 4.52 Å². The maximum atomic E-state index is 12.5. The lowest BCUT2D eigenvalue weighted by Gasteiger charge is -2.15. The van der Waals surface area contributed by atoms with Crippen LogP contribution in [0.25, 0.3) is 0 Å². The normalized spacial score (nSPS) is 26.6. The van der Waals surface area contributed by atoms with Crippen molar-refractivity contribution < 1.29 is 8.91 Å². The second-order valence-electron chi connectivity index (χ2n) is 4.08. The number of likely N-dealkylation sites (tertiary alicyclic amines) is 1. The van der Waals surface area contributed by atoms with Crippen LogP contribution in [-0.2, 0) is 0 Å². The van der Waals surface area contributed by atoms with E-state index in [9.17, 15) is 4.39 Å². The summed E-state index contributed by atoms with van der Waals surface area (Å²) in [4.78, 5) is 2.13. The van der Waals surface area contributed by atoms with Crippen LogP contribution < -0.4 is 0 Å². The van der Waals surface area contributed by atoms with Crippen LogP contribution in [0.5, 0.6) is 0 Å². The summed E-state index contributed by atoms with van der Waals surface area (Å²) < 4.78 is 17.7. The van der Waals surface area contributed by atoms with Crippen molar-refractivity contribution >= 4 is 12.4 Å². The monoisotopic (exact) mass is 234 g/mol. The van der Waals surface area contributed by atoms with Gasteiger partial charge >= 0.3 is 0 Å². The minimum absolute atomic E-state index is 0. The highest BCUT2D eigenvalue weighted by atomic mass is 35.5. The van der Waals surface area contributed by atoms with Crippen LogP contribution >= 0.6 is 12.4 Å². The molecule has 0 bridgehead atoms. The van der Waals surface area contributed by atoms with Gasteiger partial charge in [-0.15, -0.1) is 12.4 Å². The summed E-state index contributed by atoms with van der Waals surface area (Å²) in [7, 11) is 2.00. The smallest absolute Gasteiger partial charge is 0.154 e. The van der Waals surface area contributed by atoms with E-state index in [0.29, 0.717) is 0 Å². The fourth-order valence-corrected chi connectivity index (χ4v) is 2.09. The van der Waals surface area contributed by atoms with Crippen LogP contribution in [0.4, 0.5) is 4.39 Å². The van der Waals surface area contributed by atoms with Gasteiger partial charge in [-0.2, -0.15) is 0 Å². The van der Waals surface area contributed by atoms with E-state index >= 15 is 0 Å². The maximum Gasteiger partial charge on any atom is 0.154 e. The van der Waals surface area contributed by atoms with Crippen LogP contribution in [0.2, 0.25) is 0 Å². The lowest BCUT2D eigenvalue weighted by Crippen LogP contribution is -2.18. The van der Waals surface area contributed by atoms with E-state index in [4.69, 9.17) is 4.52 Å². The van der Waals surface area contributed by atoms with Gasteiger partial charge in [-0.1, -0.05) is 5.16 Å². The van der Waals surface area contributed by atoms with Crippen molar-refractivity contribution in [2.24, 2.45) is 5.92 Å². The van der Waals surface area contributed by atoms with Gasteiger partial charge in [0.05, 0.1) is 18.4 Å². The lowest BCUT2D eigenvalue weighted by molar-refractivity contribution is 0.250. The lowest BCUT2D eigenvalue weighted by atomic mass is 10.1. The highest BCUT2D eigenvalue weighted by Crippen LogP contribution is 2.34. The van der Waals surface area contributed by atoms with E-state index in [1.807, 2.05) is 20.0 Å². The Balaban J connectivity index is 0.00000112. The van der Waals surface area contributed by atoms with E-state index in [1.165, 1.54) is 0 Å². The van der Waals surface area contributed by atoms with Gasteiger partial charge in [-0.25, -0.2) is 0 Å². The SMILES string of the molecule is Cc1cc(C2CC(CF)CN2C)on1.Cl. The molecule has 0 saturated carbocycles. The Morgan fingerprint density at radius 2 is 2.40 bits per heavy atom. The Bertz CT molecular complexity index is 318. The predicted molar refractivity (Wildman–Crippen MR) is 57.9 cm³/mol. The van der Waals surface area contributed by atoms with Crippen molar-refractivity contribution in [2.75, 3.05) is 20.3 Å². The molecular weight excluding hydrogens is 219 g/mol. The topological polar surface area (TPSA) is 29.3 Å². The summed E-state index contributed by atoms with van der Waals surface area (Å²) in [6.07, 6.45) is 0.835. The van der Waals surface area contributed by atoms with E-state index in [-0.39, 0.29) is 31.0 Å². The number of nitrogens with zero attached hydrogens (tertiary/aromatic N) is 2. The molecule has 1 saturated heterocycles. The zero-order valence-electron chi connectivity index (χ0n) is 8.94. The van der Waals surface area contributed by atoms with Crippen molar-refractivity contribution in [1.29, 1.82) is 0 Å². The molecule has 1 aromatic rings. The van der Waals surface area contributed by atoms with E-state index in [0.717, 1.165) is 24.4 Å². The van der Waals surface area contributed by atoms with Gasteiger partial charge in [0.2, 0.25) is 0 Å². The molecule has 2 atom stereocenters. The van der Waals surface area contributed by atoms with Crippen LogP contribution in [0.1, 0.15) is 23.9 Å². The van der Waals surface area contributed by atoms with E-state index in [2.05, 4.69) is 10.1 Å². The largest absolute Gasteiger partial charge is 0.359 e. The van der Waals surface area contributed by atoms with Gasteiger partial charge in [0.25, 0.3) is 0 Å². The first-order chi connectivity index (χ1) is 6.70. The van der Waals surface area contributed by atoms with Gasteiger partial charge in [0.15, 0.2) is 5.76 Å². The van der Waals surface area contributed by atoms with E-state index in [1.54, 1.807) is 0 Å². The average molecular weight is 235 g/mol. The van der Waals surface area contributed by atoms with E-state index < -0.39 is 0 Å². The van der Waals surface area contributed by atoms with Crippen LogP contribution in [-0.4, -0.2) is 30.3 Å². The highest BCUT2D eigenvalue weighted by Gasteiger charge is 2.32. The Kier molecular flexibility index (Phi) is 4.11. The number of aryl methyl sites for hydroxylation is 1. The molecule has 3 nitrogen and oxygen atoms in total. The highest BCUT2D eigenvalue weighted by molar-refractivity contribution is 5.85. The Morgan fingerprint density at radius 3 is 2.87 bits per heavy atom. The van der Waals surface area contributed by atoms with Crippen LogP contribution in [0, 0.1) is 12.8 Å². The van der Waals surface area contributed by atoms with Crippen molar-refractivity contribution in [3.05, 3.63) is 17.5 Å². The molecule has 2 unspecified atom stereocenters. The van der Waals surface area contributed by atoms with Crippen molar-refractivity contribution in [1.82, 2.24) is 10.1 Å². The molecule has 86 valence electrons. The molecule has 0 radical (unpaired) electrons. The second kappa shape index (κ2) is 4.94. The number of halogens is 2. The zero-order valence-corrected chi connectivity index (χ0v) is 9.76. The number of hydrogen-bond donors (Lipinski definition) is 0. The second-order valence-corrected chi connectivity index (χ2v) is 4.08. The predicted octanol–water partition coefficient (Wildman–Crippen LogP) is 2.37. The zero-order chi connectivity index (χ0) is 10.1. The van der Waals surface area contributed by atoms with Crippen molar-refractivity contribution in [3.63, 3.8) is 0 Å². The van der Waals surface area contributed by atoms with Gasteiger partial charge in [-0.05, 0) is 20.4 Å². The molecule has 0 spiro atoms. The Hall–Kier alpha value is -0.610. The molecule has 1 fully saturated rings. The summed E-state index contributed by atoms with van der Waals surface area (Å²) >= 11 is 0. The fraction of sp³-hybridized carbons (Fsp3) is 0.700. The minimum Gasteiger partial charge on any atom is -0.359 e. The van der Waals surface area contributed by atoms with Crippen LogP contribution in [0.15, 0.2) is 10.6 Å². The average Bonchev–Trinajstić information content (AvgIpc) is 2.71. The summed E-state index contributed by atoms with van der Waals surface area (Å²) in [5.41, 5.74) is 0.886. The molecule has 0 aliphatic carbocycles. The van der Waals surface area contributed by atoms with Crippen LogP contribution in [0.3, 0.4) is 0 Å². The molecule has 0 amide bonds. The van der Waals surface area contributed by atoms with Gasteiger partial charge in [0, 0.05) is 18.5 Å². The number of aromatic nitrogens is 1. The molecule has 5 heteroatoms. The minimum atomic E-state index is -0.242. The molecule has 1 aromatic heterocycles. The molecule has 0 N–H and O–H groups in total. The standard InChI is InChI=1S/C10H15FN2O.ClH/c1-7-3-10(14-12-7)9-4-8(5-11)6-13(9)2;/h3,8-9H,4-6H2,1-2H3;1H. The first-order valence-corrected chi connectivity index (χ1v) is 4.90. The number of alkyl halides is 1. The fourth-order valence-electron chi connectivity index (χ4n) is 2.09. The summed E-state index contributed by atoms with van der Waals surface area (Å²) in [5.74, 6) is 1.01. The Labute approximate surface area is 95.0 Å². The maximum absolute atomic E-state index is 12.5. The molecule has 0 aromatic carbocycles. The first-order valence-electron chi connectivity index (χ1n) is 4.90. The summed E-state index contributed by atoms with van der Waals surface area (Å²) in [5, 5.41) is 3.85. The summed E-state index contributed by atoms with van der Waals surface area (Å²) in [6.45, 7) is 2.46. The molecule has 1 aliphatic rings. The molecule has 2 rings (SSSR count). The third-order valence-electron chi connectivity index (χ3n) is 2.83. The quantitative estimate of drug-likeness (QED) is 0.787. The Morgan fingerprint density at radius 1 is 1.67 bits per heavy atom. The molecule has 2 heterocycles. The molecule has 1 aliphatic heterocycles. The number of hydrogen-bond acceptors (Lipinski definition) is 3. The number of rotatable bonds is 2. The van der Waals surface area contributed by atoms with Crippen molar-refractivity contribution in [3.8, 4) is 0 Å². The first kappa shape index (κ1) is 12.5. The third kappa shape index (κ3) is 2.49. The third-order valence-corrected chi connectivity index (χ3v) is 2.83. The molecule has 15 heavy (non-hydrogen) atoms. The summed E-state index contributed by atoms with van der Waals surface area (Å²) in [6, 6.07) is 2.14. The molecular formula is C10H16ClFN2O. The van der Waals surface area contributed by atoms with Gasteiger partial charge in [-0.3, -0.25) is 9.29 Å².